The number of amides is 1. The molecule has 1 aromatic heterocycles. The van der Waals surface area contributed by atoms with E-state index in [4.69, 9.17) is 9.15 Å². The maximum Gasteiger partial charge on any atom is 0.247 e. The fraction of sp³-hybridized carbons (Fsp3) is 0.640. The summed E-state index contributed by atoms with van der Waals surface area (Å²) in [4.78, 5) is 15.2. The highest BCUT2D eigenvalue weighted by molar-refractivity contribution is 5.76. The lowest BCUT2D eigenvalue weighted by Crippen LogP contribution is -2.37. The molecule has 2 saturated heterocycles. The lowest BCUT2D eigenvalue weighted by molar-refractivity contribution is -0.131. The van der Waals surface area contributed by atoms with Gasteiger partial charge in [-0.05, 0) is 44.2 Å². The quantitative estimate of drug-likeness (QED) is 0.695. The van der Waals surface area contributed by atoms with Gasteiger partial charge < -0.3 is 14.1 Å². The molecule has 3 heterocycles. The molecule has 1 atom stereocenters. The van der Waals surface area contributed by atoms with Crippen LogP contribution in [0.15, 0.2) is 28.7 Å². The number of nitrogens with zero attached hydrogens (tertiary/aromatic N) is 3. The Balaban J connectivity index is 1.33. The average molecular weight is 424 g/mol. The summed E-state index contributed by atoms with van der Waals surface area (Å²) >= 11 is 0. The minimum Gasteiger partial charge on any atom is -0.420 e. The zero-order valence-corrected chi connectivity index (χ0v) is 18.5. The Kier molecular flexibility index (Phi) is 5.83. The highest BCUT2D eigenvalue weighted by Gasteiger charge is 2.51. The van der Waals surface area contributed by atoms with E-state index in [9.17, 15) is 4.79 Å². The third-order valence-corrected chi connectivity index (χ3v) is 7.77. The maximum absolute atomic E-state index is 13.1. The fourth-order valence-corrected chi connectivity index (χ4v) is 5.76. The van der Waals surface area contributed by atoms with E-state index in [1.807, 2.05) is 12.1 Å². The smallest absolute Gasteiger partial charge is 0.247 e. The fourth-order valence-electron chi connectivity index (χ4n) is 5.76. The number of carbonyl (C=O) groups is 1. The number of hydrogen-bond acceptors (Lipinski definition) is 5. The van der Waals surface area contributed by atoms with E-state index in [2.05, 4.69) is 34.2 Å². The molecule has 1 amide bonds. The average Bonchev–Trinajstić information content (AvgIpc) is 3.54. The van der Waals surface area contributed by atoms with Crippen LogP contribution in [0.4, 0.5) is 0 Å². The van der Waals surface area contributed by atoms with E-state index < -0.39 is 0 Å². The number of likely N-dealkylation sites (tertiary alicyclic amines) is 1. The summed E-state index contributed by atoms with van der Waals surface area (Å²) in [6, 6.07) is 8.15. The van der Waals surface area contributed by atoms with Gasteiger partial charge in [0.05, 0.1) is 5.92 Å². The van der Waals surface area contributed by atoms with Crippen LogP contribution in [-0.4, -0.2) is 47.3 Å². The molecule has 6 nitrogen and oxygen atoms in total. The molecule has 2 aromatic rings. The summed E-state index contributed by atoms with van der Waals surface area (Å²) in [6.45, 7) is 5.00. The van der Waals surface area contributed by atoms with Gasteiger partial charge >= 0.3 is 0 Å². The largest absolute Gasteiger partial charge is 0.420 e. The van der Waals surface area contributed by atoms with Crippen molar-refractivity contribution in [3.8, 4) is 11.5 Å². The van der Waals surface area contributed by atoms with E-state index in [-0.39, 0.29) is 11.3 Å². The standard InChI is InChI=1S/C25H33N3O3/c1-18-6-9-20(10-7-18)23-26-27-24(31-23)21-16-28(17-25(21)12-14-30-15-13-25)22(29)11-8-19-4-2-3-5-19/h6-7,9-10,19,21H,2-5,8,11-17H2,1H3. The number of ether oxygens (including phenoxy) is 1. The first-order chi connectivity index (χ1) is 15.1. The highest BCUT2D eigenvalue weighted by atomic mass is 16.5. The van der Waals surface area contributed by atoms with Gasteiger partial charge in [-0.3, -0.25) is 4.79 Å². The molecule has 0 bridgehead atoms. The number of rotatable bonds is 5. The Bertz CT molecular complexity index is 895. The number of aromatic nitrogens is 2. The van der Waals surface area contributed by atoms with Crippen LogP contribution in [0, 0.1) is 18.3 Å². The maximum atomic E-state index is 13.1. The monoisotopic (exact) mass is 423 g/mol. The first-order valence-corrected chi connectivity index (χ1v) is 11.9. The van der Waals surface area contributed by atoms with Crippen molar-refractivity contribution in [3.63, 3.8) is 0 Å². The van der Waals surface area contributed by atoms with Gasteiger partial charge in [-0.2, -0.15) is 0 Å². The van der Waals surface area contributed by atoms with Crippen LogP contribution in [0.25, 0.3) is 11.5 Å². The molecule has 1 saturated carbocycles. The molecule has 3 aliphatic rings. The summed E-state index contributed by atoms with van der Waals surface area (Å²) < 4.78 is 11.9. The zero-order chi connectivity index (χ0) is 21.3. The number of benzene rings is 1. The molecule has 5 rings (SSSR count). The van der Waals surface area contributed by atoms with Crippen molar-refractivity contribution in [1.82, 2.24) is 15.1 Å². The molecule has 1 aromatic carbocycles. The van der Waals surface area contributed by atoms with Crippen molar-refractivity contribution < 1.29 is 13.9 Å². The molecule has 166 valence electrons. The first kappa shape index (κ1) is 20.7. The van der Waals surface area contributed by atoms with Gasteiger partial charge in [-0.25, -0.2) is 0 Å². The lowest BCUT2D eigenvalue weighted by Gasteiger charge is -2.36. The SMILES string of the molecule is Cc1ccc(-c2nnc(C3CN(C(=O)CCC4CCCC4)CC34CCOCC4)o2)cc1. The van der Waals surface area contributed by atoms with Crippen LogP contribution in [0.1, 0.15) is 68.7 Å². The molecule has 2 aliphatic heterocycles. The molecule has 0 radical (unpaired) electrons. The van der Waals surface area contributed by atoms with Crippen molar-refractivity contribution in [2.45, 2.75) is 64.2 Å². The predicted octanol–water partition coefficient (Wildman–Crippen LogP) is 4.74. The summed E-state index contributed by atoms with van der Waals surface area (Å²) in [7, 11) is 0. The minimum atomic E-state index is -0.0155. The first-order valence-electron chi connectivity index (χ1n) is 11.9. The van der Waals surface area contributed by atoms with E-state index in [0.717, 1.165) is 50.5 Å². The van der Waals surface area contributed by atoms with Crippen molar-refractivity contribution in [2.24, 2.45) is 11.3 Å². The lowest BCUT2D eigenvalue weighted by atomic mass is 9.72. The molecule has 1 spiro atoms. The van der Waals surface area contributed by atoms with E-state index in [1.54, 1.807) is 0 Å². The highest BCUT2D eigenvalue weighted by Crippen LogP contribution is 2.49. The summed E-state index contributed by atoms with van der Waals surface area (Å²) in [5.41, 5.74) is 2.12. The van der Waals surface area contributed by atoms with E-state index >= 15 is 0 Å². The molecule has 1 aliphatic carbocycles. The van der Waals surface area contributed by atoms with Crippen LogP contribution >= 0.6 is 0 Å². The molecule has 3 fully saturated rings. The Labute approximate surface area is 184 Å². The van der Waals surface area contributed by atoms with Gasteiger partial charge in [0.1, 0.15) is 0 Å². The minimum absolute atomic E-state index is 0.0155. The van der Waals surface area contributed by atoms with Gasteiger partial charge in [0.15, 0.2) is 0 Å². The number of aryl methyl sites for hydroxylation is 1. The van der Waals surface area contributed by atoms with Crippen LogP contribution in [-0.2, 0) is 9.53 Å². The predicted molar refractivity (Wildman–Crippen MR) is 117 cm³/mol. The Morgan fingerprint density at radius 3 is 2.61 bits per heavy atom. The van der Waals surface area contributed by atoms with E-state index in [0.29, 0.717) is 30.7 Å². The molecule has 31 heavy (non-hydrogen) atoms. The van der Waals surface area contributed by atoms with E-state index in [1.165, 1.54) is 31.2 Å². The normalized spacial score (nSPS) is 23.6. The molecule has 1 unspecified atom stereocenters. The number of hydrogen-bond donors (Lipinski definition) is 0. The molecular formula is C25H33N3O3. The van der Waals surface area contributed by atoms with Crippen LogP contribution in [0.3, 0.4) is 0 Å². The second-order valence-electron chi connectivity index (χ2n) is 9.80. The third-order valence-electron chi connectivity index (χ3n) is 7.77. The summed E-state index contributed by atoms with van der Waals surface area (Å²) in [5.74, 6) is 2.34. The van der Waals surface area contributed by atoms with Crippen molar-refractivity contribution in [3.05, 3.63) is 35.7 Å². The van der Waals surface area contributed by atoms with Crippen molar-refractivity contribution in [1.29, 1.82) is 0 Å². The van der Waals surface area contributed by atoms with Crippen LogP contribution in [0.2, 0.25) is 0 Å². The summed E-state index contributed by atoms with van der Waals surface area (Å²) in [5, 5.41) is 8.80. The van der Waals surface area contributed by atoms with Gasteiger partial charge in [0, 0.05) is 43.7 Å². The van der Waals surface area contributed by atoms with Gasteiger partial charge in [0.25, 0.3) is 0 Å². The van der Waals surface area contributed by atoms with Gasteiger partial charge in [-0.15, -0.1) is 10.2 Å². The third kappa shape index (κ3) is 4.27. The molecule has 0 N–H and O–H groups in total. The van der Waals surface area contributed by atoms with Crippen LogP contribution in [0.5, 0.6) is 0 Å². The van der Waals surface area contributed by atoms with Gasteiger partial charge in [-0.1, -0.05) is 43.4 Å². The second kappa shape index (κ2) is 8.73. The topological polar surface area (TPSA) is 68.5 Å². The Morgan fingerprint density at radius 1 is 1.13 bits per heavy atom. The summed E-state index contributed by atoms with van der Waals surface area (Å²) in [6.07, 6.45) is 8.82. The molecule has 6 heteroatoms. The zero-order valence-electron chi connectivity index (χ0n) is 18.5. The van der Waals surface area contributed by atoms with Crippen molar-refractivity contribution in [2.75, 3.05) is 26.3 Å². The Hall–Kier alpha value is -2.21. The Morgan fingerprint density at radius 2 is 1.87 bits per heavy atom. The molecular weight excluding hydrogens is 390 g/mol. The van der Waals surface area contributed by atoms with Crippen LogP contribution < -0.4 is 0 Å². The van der Waals surface area contributed by atoms with Gasteiger partial charge in [0.2, 0.25) is 17.7 Å². The van der Waals surface area contributed by atoms with Crippen molar-refractivity contribution >= 4 is 5.91 Å². The second-order valence-corrected chi connectivity index (χ2v) is 9.80. The number of carbonyl (C=O) groups excluding carboxylic acids is 1.